The summed E-state index contributed by atoms with van der Waals surface area (Å²) in [6.45, 7) is 4.93. The number of carbonyl (C=O) groups is 2. The first kappa shape index (κ1) is 21.6. The number of pyridine rings is 1. The maximum atomic E-state index is 13.3. The first-order chi connectivity index (χ1) is 15.6. The van der Waals surface area contributed by atoms with E-state index in [0.29, 0.717) is 36.0 Å². The summed E-state index contributed by atoms with van der Waals surface area (Å²) in [5.41, 5.74) is 2.01. The van der Waals surface area contributed by atoms with Gasteiger partial charge in [-0.15, -0.1) is 11.3 Å². The number of anilines is 1. The summed E-state index contributed by atoms with van der Waals surface area (Å²) in [7, 11) is 0. The standard InChI is InChI=1S/C24H23N3O4S/c1-3-30-18-10-9-17(13-19(18)31-4-2)26-22-21(20-8-6-12-32-20)23(28)27(24(22)29)15-16-7-5-11-25-14-16/h5-14,26H,3-4,15H2,1-2H3. The highest BCUT2D eigenvalue weighted by Gasteiger charge is 2.39. The Hall–Kier alpha value is -3.65. The van der Waals surface area contributed by atoms with Gasteiger partial charge in [-0.3, -0.25) is 19.5 Å². The first-order valence-corrected chi connectivity index (χ1v) is 11.2. The average molecular weight is 450 g/mol. The monoisotopic (exact) mass is 449 g/mol. The molecule has 8 heteroatoms. The molecule has 0 unspecified atom stereocenters. The van der Waals surface area contributed by atoms with E-state index in [1.54, 1.807) is 36.7 Å². The van der Waals surface area contributed by atoms with Gasteiger partial charge in [-0.1, -0.05) is 12.1 Å². The highest BCUT2D eigenvalue weighted by molar-refractivity contribution is 7.11. The van der Waals surface area contributed by atoms with Crippen LogP contribution in [0.1, 0.15) is 24.3 Å². The van der Waals surface area contributed by atoms with Gasteiger partial charge in [-0.25, -0.2) is 0 Å². The van der Waals surface area contributed by atoms with Crippen LogP contribution in [0.2, 0.25) is 0 Å². The fourth-order valence-electron chi connectivity index (χ4n) is 3.43. The van der Waals surface area contributed by atoms with Crippen molar-refractivity contribution in [2.24, 2.45) is 0 Å². The second kappa shape index (κ2) is 9.65. The van der Waals surface area contributed by atoms with Crippen LogP contribution in [0.5, 0.6) is 11.5 Å². The topological polar surface area (TPSA) is 80.8 Å². The Balaban J connectivity index is 1.69. The molecule has 0 fully saturated rings. The number of thiophene rings is 1. The normalized spacial score (nSPS) is 13.6. The number of ether oxygens (including phenoxy) is 2. The Kier molecular flexibility index (Phi) is 6.51. The number of benzene rings is 1. The van der Waals surface area contributed by atoms with Crippen LogP contribution < -0.4 is 14.8 Å². The van der Waals surface area contributed by atoms with E-state index in [2.05, 4.69) is 10.3 Å². The Morgan fingerprint density at radius 1 is 1.00 bits per heavy atom. The largest absolute Gasteiger partial charge is 0.490 e. The van der Waals surface area contributed by atoms with Gasteiger partial charge in [0.05, 0.1) is 25.3 Å². The molecule has 2 aromatic heterocycles. The van der Waals surface area contributed by atoms with Crippen LogP contribution in [0.3, 0.4) is 0 Å². The van der Waals surface area contributed by atoms with Gasteiger partial charge in [-0.05, 0) is 49.1 Å². The van der Waals surface area contributed by atoms with Crippen molar-refractivity contribution in [3.8, 4) is 11.5 Å². The van der Waals surface area contributed by atoms with Gasteiger partial charge >= 0.3 is 0 Å². The van der Waals surface area contributed by atoms with Crippen LogP contribution in [0.4, 0.5) is 5.69 Å². The molecular weight excluding hydrogens is 426 g/mol. The maximum absolute atomic E-state index is 13.3. The third-order valence-electron chi connectivity index (χ3n) is 4.81. The summed E-state index contributed by atoms with van der Waals surface area (Å²) in [5, 5.41) is 5.05. The molecule has 0 radical (unpaired) electrons. The van der Waals surface area contributed by atoms with E-state index in [1.165, 1.54) is 16.2 Å². The van der Waals surface area contributed by atoms with Crippen LogP contribution >= 0.6 is 11.3 Å². The van der Waals surface area contributed by atoms with Crippen molar-refractivity contribution in [1.82, 2.24) is 9.88 Å². The van der Waals surface area contributed by atoms with Gasteiger partial charge in [0.2, 0.25) is 0 Å². The molecule has 2 amide bonds. The Bertz CT molecular complexity index is 1140. The predicted molar refractivity (Wildman–Crippen MR) is 123 cm³/mol. The second-order valence-corrected chi connectivity index (χ2v) is 7.89. The lowest BCUT2D eigenvalue weighted by molar-refractivity contribution is -0.137. The van der Waals surface area contributed by atoms with Crippen molar-refractivity contribution in [2.45, 2.75) is 20.4 Å². The van der Waals surface area contributed by atoms with Crippen molar-refractivity contribution in [2.75, 3.05) is 18.5 Å². The zero-order valence-electron chi connectivity index (χ0n) is 17.8. The number of carbonyl (C=O) groups excluding carboxylic acids is 2. The van der Waals surface area contributed by atoms with E-state index < -0.39 is 0 Å². The third kappa shape index (κ3) is 4.36. The fourth-order valence-corrected chi connectivity index (χ4v) is 4.20. The highest BCUT2D eigenvalue weighted by Crippen LogP contribution is 2.36. The number of hydrogen-bond donors (Lipinski definition) is 1. The van der Waals surface area contributed by atoms with Gasteiger partial charge in [0.25, 0.3) is 11.8 Å². The van der Waals surface area contributed by atoms with Gasteiger partial charge < -0.3 is 14.8 Å². The molecule has 0 atom stereocenters. The molecule has 0 saturated carbocycles. The minimum atomic E-state index is -0.380. The number of amides is 2. The van der Waals surface area contributed by atoms with Crippen molar-refractivity contribution in [3.05, 3.63) is 76.4 Å². The van der Waals surface area contributed by atoms with Gasteiger partial charge in [0.1, 0.15) is 5.70 Å². The molecule has 1 N–H and O–H groups in total. The fraction of sp³-hybridized carbons (Fsp3) is 0.208. The Morgan fingerprint density at radius 2 is 1.81 bits per heavy atom. The second-order valence-electron chi connectivity index (χ2n) is 6.94. The summed E-state index contributed by atoms with van der Waals surface area (Å²) in [6, 6.07) is 12.7. The smallest absolute Gasteiger partial charge is 0.278 e. The number of nitrogens with one attached hydrogen (secondary N) is 1. The van der Waals surface area contributed by atoms with E-state index in [1.807, 2.05) is 37.4 Å². The molecule has 3 aromatic rings. The van der Waals surface area contributed by atoms with Gasteiger partial charge in [0, 0.05) is 29.0 Å². The van der Waals surface area contributed by atoms with E-state index in [-0.39, 0.29) is 24.1 Å². The number of nitrogens with zero attached hydrogens (tertiary/aromatic N) is 2. The molecule has 3 heterocycles. The van der Waals surface area contributed by atoms with Gasteiger partial charge in [-0.2, -0.15) is 0 Å². The van der Waals surface area contributed by atoms with Gasteiger partial charge in [0.15, 0.2) is 11.5 Å². The van der Waals surface area contributed by atoms with E-state index in [9.17, 15) is 9.59 Å². The highest BCUT2D eigenvalue weighted by atomic mass is 32.1. The van der Waals surface area contributed by atoms with Crippen molar-refractivity contribution in [3.63, 3.8) is 0 Å². The Morgan fingerprint density at radius 3 is 2.50 bits per heavy atom. The molecule has 0 bridgehead atoms. The molecule has 4 rings (SSSR count). The molecule has 32 heavy (non-hydrogen) atoms. The lowest BCUT2D eigenvalue weighted by Crippen LogP contribution is -2.32. The summed E-state index contributed by atoms with van der Waals surface area (Å²) in [5.74, 6) is 0.481. The quantitative estimate of drug-likeness (QED) is 0.490. The molecular formula is C24H23N3O4S. The lowest BCUT2D eigenvalue weighted by atomic mass is 10.1. The molecule has 0 aliphatic carbocycles. The third-order valence-corrected chi connectivity index (χ3v) is 5.70. The van der Waals surface area contributed by atoms with E-state index in [0.717, 1.165) is 10.4 Å². The maximum Gasteiger partial charge on any atom is 0.278 e. The first-order valence-electron chi connectivity index (χ1n) is 10.3. The number of aromatic nitrogens is 1. The van der Waals surface area contributed by atoms with Crippen LogP contribution in [0, 0.1) is 0 Å². The predicted octanol–water partition coefficient (Wildman–Crippen LogP) is 4.33. The van der Waals surface area contributed by atoms with Crippen LogP contribution in [0.25, 0.3) is 5.57 Å². The van der Waals surface area contributed by atoms with E-state index in [4.69, 9.17) is 9.47 Å². The number of hydrogen-bond acceptors (Lipinski definition) is 7. The Labute approximate surface area is 190 Å². The average Bonchev–Trinajstić information content (AvgIpc) is 3.40. The summed E-state index contributed by atoms with van der Waals surface area (Å²) < 4.78 is 11.3. The van der Waals surface area contributed by atoms with Crippen molar-refractivity contribution >= 4 is 34.4 Å². The zero-order valence-corrected chi connectivity index (χ0v) is 18.6. The molecule has 1 aromatic carbocycles. The molecule has 1 aliphatic rings. The molecule has 0 spiro atoms. The van der Waals surface area contributed by atoms with Crippen LogP contribution in [-0.4, -0.2) is 34.9 Å². The summed E-state index contributed by atoms with van der Waals surface area (Å²) in [4.78, 5) is 32.7. The number of imide groups is 1. The van der Waals surface area contributed by atoms with E-state index >= 15 is 0 Å². The van der Waals surface area contributed by atoms with Crippen LogP contribution in [0.15, 0.2) is 65.9 Å². The lowest BCUT2D eigenvalue weighted by Gasteiger charge is -2.16. The molecule has 164 valence electrons. The summed E-state index contributed by atoms with van der Waals surface area (Å²) >= 11 is 1.41. The molecule has 1 aliphatic heterocycles. The minimum absolute atomic E-state index is 0.152. The number of rotatable bonds is 9. The summed E-state index contributed by atoms with van der Waals surface area (Å²) in [6.07, 6.45) is 3.30. The zero-order chi connectivity index (χ0) is 22.5. The molecule has 7 nitrogen and oxygen atoms in total. The van der Waals surface area contributed by atoms with Crippen molar-refractivity contribution < 1.29 is 19.1 Å². The van der Waals surface area contributed by atoms with Crippen LogP contribution in [-0.2, 0) is 16.1 Å². The SMILES string of the molecule is CCOc1ccc(NC2=C(c3cccs3)C(=O)N(Cc3cccnc3)C2=O)cc1OCC. The van der Waals surface area contributed by atoms with Crippen molar-refractivity contribution in [1.29, 1.82) is 0 Å². The molecule has 0 saturated heterocycles. The minimum Gasteiger partial charge on any atom is -0.490 e.